The summed E-state index contributed by atoms with van der Waals surface area (Å²) < 4.78 is 10.7. The quantitative estimate of drug-likeness (QED) is 0.898. The summed E-state index contributed by atoms with van der Waals surface area (Å²) in [5.41, 5.74) is 1.47. The average molecular weight is 299 g/mol. The number of nitrogens with one attached hydrogen (secondary N) is 2. The zero-order valence-electron chi connectivity index (χ0n) is 11.7. The fourth-order valence-corrected chi connectivity index (χ4v) is 2.26. The number of aryl methyl sites for hydroxylation is 1. The number of ether oxygens (including phenoxy) is 2. The Balaban J connectivity index is 1.94. The molecule has 6 heteroatoms. The van der Waals surface area contributed by atoms with E-state index in [1.165, 1.54) is 7.11 Å². The van der Waals surface area contributed by atoms with Crippen molar-refractivity contribution in [1.82, 2.24) is 5.32 Å². The molecule has 2 rings (SSSR count). The minimum atomic E-state index is -0.277. The Morgan fingerprint density at radius 2 is 2.35 bits per heavy atom. The van der Waals surface area contributed by atoms with Crippen molar-refractivity contribution in [2.75, 3.05) is 25.6 Å². The summed E-state index contributed by atoms with van der Waals surface area (Å²) in [4.78, 5) is 11.9. The van der Waals surface area contributed by atoms with E-state index < -0.39 is 0 Å². The number of amides is 2. The van der Waals surface area contributed by atoms with Gasteiger partial charge in [0.15, 0.2) is 0 Å². The van der Waals surface area contributed by atoms with E-state index in [1.54, 1.807) is 12.1 Å². The normalized spacial score (nSPS) is 17.9. The number of methoxy groups -OCH3 is 1. The highest BCUT2D eigenvalue weighted by atomic mass is 35.5. The second-order valence-electron chi connectivity index (χ2n) is 4.77. The third-order valence-electron chi connectivity index (χ3n) is 3.24. The Labute approximate surface area is 123 Å². The lowest BCUT2D eigenvalue weighted by molar-refractivity contribution is 0.112. The minimum absolute atomic E-state index is 0.120. The molecule has 1 fully saturated rings. The number of benzene rings is 1. The molecule has 2 N–H and O–H groups in total. The van der Waals surface area contributed by atoms with Crippen molar-refractivity contribution in [3.63, 3.8) is 0 Å². The highest BCUT2D eigenvalue weighted by Crippen LogP contribution is 2.30. The monoisotopic (exact) mass is 298 g/mol. The number of carbonyl (C=O) groups excluding carboxylic acids is 1. The lowest BCUT2D eigenvalue weighted by atomic mass is 10.2. The lowest BCUT2D eigenvalue weighted by Gasteiger charge is -2.14. The summed E-state index contributed by atoms with van der Waals surface area (Å²) in [5, 5.41) is 6.16. The van der Waals surface area contributed by atoms with Gasteiger partial charge < -0.3 is 20.1 Å². The minimum Gasteiger partial charge on any atom is -0.495 e. The van der Waals surface area contributed by atoms with Crippen LogP contribution in [-0.4, -0.2) is 32.4 Å². The van der Waals surface area contributed by atoms with Crippen LogP contribution in [0.3, 0.4) is 0 Å². The highest BCUT2D eigenvalue weighted by molar-refractivity contribution is 6.31. The molecule has 1 saturated heterocycles. The van der Waals surface area contributed by atoms with Gasteiger partial charge in [-0.1, -0.05) is 11.6 Å². The first kappa shape index (κ1) is 14.9. The average Bonchev–Trinajstić information content (AvgIpc) is 2.93. The molecule has 1 aromatic carbocycles. The van der Waals surface area contributed by atoms with Crippen LogP contribution in [0.25, 0.3) is 0 Å². The van der Waals surface area contributed by atoms with Crippen LogP contribution in [0.1, 0.15) is 18.4 Å². The topological polar surface area (TPSA) is 59.6 Å². The number of carbonyl (C=O) groups is 1. The van der Waals surface area contributed by atoms with E-state index in [2.05, 4.69) is 10.6 Å². The van der Waals surface area contributed by atoms with Crippen LogP contribution < -0.4 is 15.4 Å². The van der Waals surface area contributed by atoms with Crippen molar-refractivity contribution < 1.29 is 14.3 Å². The van der Waals surface area contributed by atoms with Gasteiger partial charge in [0, 0.05) is 24.2 Å². The number of anilines is 1. The number of halogens is 1. The van der Waals surface area contributed by atoms with Crippen LogP contribution in [0.2, 0.25) is 5.02 Å². The fraction of sp³-hybridized carbons (Fsp3) is 0.500. The summed E-state index contributed by atoms with van der Waals surface area (Å²) in [7, 11) is 1.54. The molecular formula is C14H19ClN2O3. The summed E-state index contributed by atoms with van der Waals surface area (Å²) in [6.45, 7) is 3.16. The fourth-order valence-electron chi connectivity index (χ4n) is 2.11. The van der Waals surface area contributed by atoms with Gasteiger partial charge in [-0.2, -0.15) is 0 Å². The largest absolute Gasteiger partial charge is 0.495 e. The Bertz CT molecular complexity index is 488. The van der Waals surface area contributed by atoms with Crippen molar-refractivity contribution in [1.29, 1.82) is 0 Å². The zero-order valence-corrected chi connectivity index (χ0v) is 12.4. The van der Waals surface area contributed by atoms with Gasteiger partial charge in [0.25, 0.3) is 0 Å². The predicted molar refractivity (Wildman–Crippen MR) is 78.7 cm³/mol. The molecule has 1 aliphatic heterocycles. The highest BCUT2D eigenvalue weighted by Gasteiger charge is 2.16. The number of hydrogen-bond donors (Lipinski definition) is 2. The van der Waals surface area contributed by atoms with Crippen molar-refractivity contribution in [3.05, 3.63) is 22.7 Å². The van der Waals surface area contributed by atoms with Crippen LogP contribution >= 0.6 is 11.6 Å². The number of urea groups is 1. The molecule has 0 aliphatic carbocycles. The Hall–Kier alpha value is -1.46. The number of rotatable bonds is 4. The first-order valence-electron chi connectivity index (χ1n) is 6.60. The van der Waals surface area contributed by atoms with Gasteiger partial charge in [0.1, 0.15) is 5.75 Å². The van der Waals surface area contributed by atoms with E-state index in [0.29, 0.717) is 23.0 Å². The van der Waals surface area contributed by atoms with Crippen molar-refractivity contribution in [2.45, 2.75) is 25.9 Å². The molecule has 5 nitrogen and oxygen atoms in total. The van der Waals surface area contributed by atoms with E-state index >= 15 is 0 Å². The first-order chi connectivity index (χ1) is 9.60. The van der Waals surface area contributed by atoms with Gasteiger partial charge in [-0.15, -0.1) is 0 Å². The van der Waals surface area contributed by atoms with Crippen molar-refractivity contribution >= 4 is 23.3 Å². The molecule has 0 radical (unpaired) electrons. The lowest BCUT2D eigenvalue weighted by Crippen LogP contribution is -2.35. The second-order valence-corrected chi connectivity index (χ2v) is 5.18. The maximum absolute atomic E-state index is 11.9. The Kier molecular flexibility index (Phi) is 5.09. The SMILES string of the molecule is COc1cc(Cl)c(C)cc1NC(=O)NCC1CCCO1. The zero-order chi connectivity index (χ0) is 14.5. The Morgan fingerprint density at radius 1 is 1.55 bits per heavy atom. The molecule has 0 spiro atoms. The second kappa shape index (κ2) is 6.81. The summed E-state index contributed by atoms with van der Waals surface area (Å²) in [6.07, 6.45) is 2.16. The van der Waals surface area contributed by atoms with E-state index in [1.807, 2.05) is 6.92 Å². The van der Waals surface area contributed by atoms with Gasteiger partial charge in [0.2, 0.25) is 0 Å². The van der Waals surface area contributed by atoms with Crippen LogP contribution in [0.4, 0.5) is 10.5 Å². The molecule has 0 saturated carbocycles. The van der Waals surface area contributed by atoms with Crippen LogP contribution in [0, 0.1) is 6.92 Å². The van der Waals surface area contributed by atoms with Gasteiger partial charge in [-0.05, 0) is 31.4 Å². The predicted octanol–water partition coefficient (Wildman–Crippen LogP) is 2.96. The van der Waals surface area contributed by atoms with Gasteiger partial charge in [-0.25, -0.2) is 4.79 Å². The van der Waals surface area contributed by atoms with Crippen LogP contribution in [0.15, 0.2) is 12.1 Å². The van der Waals surface area contributed by atoms with Crippen molar-refractivity contribution in [3.8, 4) is 5.75 Å². The summed E-state index contributed by atoms with van der Waals surface area (Å²) >= 11 is 6.02. The van der Waals surface area contributed by atoms with E-state index in [0.717, 1.165) is 25.0 Å². The molecule has 1 unspecified atom stereocenters. The van der Waals surface area contributed by atoms with Crippen molar-refractivity contribution in [2.24, 2.45) is 0 Å². The third kappa shape index (κ3) is 3.77. The maximum Gasteiger partial charge on any atom is 0.319 e. The molecule has 110 valence electrons. The standard InChI is InChI=1S/C14H19ClN2O3/c1-9-6-12(13(19-2)7-11(9)15)17-14(18)16-8-10-4-3-5-20-10/h6-7,10H,3-5,8H2,1-2H3,(H2,16,17,18). The molecule has 0 aromatic heterocycles. The van der Waals surface area contributed by atoms with Crippen LogP contribution in [-0.2, 0) is 4.74 Å². The first-order valence-corrected chi connectivity index (χ1v) is 6.98. The molecule has 1 atom stereocenters. The molecule has 1 heterocycles. The number of hydrogen-bond acceptors (Lipinski definition) is 3. The maximum atomic E-state index is 11.9. The van der Waals surface area contributed by atoms with E-state index in [4.69, 9.17) is 21.1 Å². The van der Waals surface area contributed by atoms with Gasteiger partial charge in [0.05, 0.1) is 18.9 Å². The Morgan fingerprint density at radius 3 is 3.00 bits per heavy atom. The molecule has 0 bridgehead atoms. The van der Waals surface area contributed by atoms with Gasteiger partial charge >= 0.3 is 6.03 Å². The molecule has 20 heavy (non-hydrogen) atoms. The van der Waals surface area contributed by atoms with E-state index in [9.17, 15) is 4.79 Å². The summed E-state index contributed by atoms with van der Waals surface area (Å²) in [6, 6.07) is 3.19. The summed E-state index contributed by atoms with van der Waals surface area (Å²) in [5.74, 6) is 0.535. The third-order valence-corrected chi connectivity index (χ3v) is 3.65. The molecule has 1 aliphatic rings. The smallest absolute Gasteiger partial charge is 0.319 e. The molecule has 1 aromatic rings. The van der Waals surface area contributed by atoms with Gasteiger partial charge in [-0.3, -0.25) is 0 Å². The molecule has 2 amide bonds. The van der Waals surface area contributed by atoms with E-state index in [-0.39, 0.29) is 12.1 Å². The molecular weight excluding hydrogens is 280 g/mol. The van der Waals surface area contributed by atoms with Crippen LogP contribution in [0.5, 0.6) is 5.75 Å².